The van der Waals surface area contributed by atoms with Crippen LogP contribution in [0.25, 0.3) is 39.6 Å². The normalized spacial score (nSPS) is 11.1. The molecule has 0 N–H and O–H groups in total. The van der Waals surface area contributed by atoms with E-state index in [-0.39, 0.29) is 0 Å². The summed E-state index contributed by atoms with van der Waals surface area (Å²) in [5.74, 6) is 0.976. The lowest BCUT2D eigenvalue weighted by Crippen LogP contribution is -1.93. The van der Waals surface area contributed by atoms with Crippen LogP contribution in [0.5, 0.6) is 0 Å². The van der Waals surface area contributed by atoms with Gasteiger partial charge in [0.25, 0.3) is 5.89 Å². The maximum absolute atomic E-state index is 5.41. The Balaban J connectivity index is 1.76. The molecular weight excluding hydrogens is 304 g/mol. The van der Waals surface area contributed by atoms with Gasteiger partial charge in [0.1, 0.15) is 5.52 Å². The number of aromatic nitrogens is 6. The zero-order valence-electron chi connectivity index (χ0n) is 13.3. The number of aryl methyl sites for hydroxylation is 1. The summed E-state index contributed by atoms with van der Waals surface area (Å²) in [7, 11) is 0. The highest BCUT2D eigenvalue weighted by Gasteiger charge is 2.14. The second-order valence-electron chi connectivity index (χ2n) is 5.55. The number of pyridine rings is 1. The summed E-state index contributed by atoms with van der Waals surface area (Å²) in [6, 6.07) is 7.56. The molecule has 0 spiro atoms. The van der Waals surface area contributed by atoms with Gasteiger partial charge >= 0.3 is 0 Å². The average molecular weight is 318 g/mol. The number of rotatable bonds is 3. The molecule has 1 aromatic carbocycles. The molecule has 0 aliphatic carbocycles. The molecule has 3 heterocycles. The molecule has 7 heteroatoms. The van der Waals surface area contributed by atoms with Gasteiger partial charge in [-0.2, -0.15) is 4.98 Å². The van der Waals surface area contributed by atoms with Gasteiger partial charge in [0.15, 0.2) is 0 Å². The molecule has 0 fully saturated rings. The van der Waals surface area contributed by atoms with Crippen molar-refractivity contribution in [2.24, 2.45) is 0 Å². The van der Waals surface area contributed by atoms with Crippen LogP contribution >= 0.6 is 0 Å². The lowest BCUT2D eigenvalue weighted by Gasteiger charge is -1.99. The molecule has 0 unspecified atom stereocenters. The second-order valence-corrected chi connectivity index (χ2v) is 5.55. The van der Waals surface area contributed by atoms with Crippen LogP contribution in [0.2, 0.25) is 0 Å². The molecule has 0 atom stereocenters. The Morgan fingerprint density at radius 2 is 2.12 bits per heavy atom. The molecule has 3 aromatic heterocycles. The molecule has 0 bridgehead atoms. The standard InChI is InChI=1S/C17H14N6O/c1-10(2)23-15-5-4-12(8-14(15)20-22-23)17-19-16(21-24-17)13-6-7-18-9-11(13)3/h4-9H,1H2,2-3H3. The van der Waals surface area contributed by atoms with E-state index in [1.54, 1.807) is 17.1 Å². The average Bonchev–Trinajstić information content (AvgIpc) is 3.21. The van der Waals surface area contributed by atoms with Gasteiger partial charge in [-0.25, -0.2) is 4.68 Å². The first-order chi connectivity index (χ1) is 11.6. The van der Waals surface area contributed by atoms with E-state index in [1.165, 1.54) is 0 Å². The minimum Gasteiger partial charge on any atom is -0.334 e. The van der Waals surface area contributed by atoms with E-state index in [0.717, 1.165) is 33.4 Å². The lowest BCUT2D eigenvalue weighted by molar-refractivity contribution is 0.432. The molecule has 4 aromatic rings. The smallest absolute Gasteiger partial charge is 0.258 e. The monoisotopic (exact) mass is 318 g/mol. The summed E-state index contributed by atoms with van der Waals surface area (Å²) >= 11 is 0. The minimum atomic E-state index is 0.438. The second kappa shape index (κ2) is 5.38. The Hall–Kier alpha value is -3.35. The first kappa shape index (κ1) is 14.3. The van der Waals surface area contributed by atoms with Crippen LogP contribution in [-0.4, -0.2) is 30.1 Å². The van der Waals surface area contributed by atoms with E-state index in [4.69, 9.17) is 4.52 Å². The van der Waals surface area contributed by atoms with Crippen LogP contribution in [0.1, 0.15) is 12.5 Å². The number of hydrogen-bond donors (Lipinski definition) is 0. The molecule has 24 heavy (non-hydrogen) atoms. The summed E-state index contributed by atoms with van der Waals surface area (Å²) < 4.78 is 7.10. The Bertz CT molecular complexity index is 1060. The van der Waals surface area contributed by atoms with Crippen molar-refractivity contribution in [3.05, 3.63) is 48.8 Å². The van der Waals surface area contributed by atoms with E-state index in [9.17, 15) is 0 Å². The molecule has 118 valence electrons. The highest BCUT2D eigenvalue weighted by molar-refractivity contribution is 5.82. The highest BCUT2D eigenvalue weighted by atomic mass is 16.5. The zero-order chi connectivity index (χ0) is 16.7. The topological polar surface area (TPSA) is 82.5 Å². The van der Waals surface area contributed by atoms with Crippen molar-refractivity contribution in [1.29, 1.82) is 0 Å². The van der Waals surface area contributed by atoms with Crippen molar-refractivity contribution < 1.29 is 4.52 Å². The van der Waals surface area contributed by atoms with Gasteiger partial charge in [0.2, 0.25) is 5.82 Å². The summed E-state index contributed by atoms with van der Waals surface area (Å²) in [5, 5.41) is 12.3. The minimum absolute atomic E-state index is 0.438. The maximum atomic E-state index is 5.41. The lowest BCUT2D eigenvalue weighted by atomic mass is 10.1. The molecule has 0 radical (unpaired) electrons. The first-order valence-electron chi connectivity index (χ1n) is 7.40. The number of nitrogens with zero attached hydrogens (tertiary/aromatic N) is 6. The van der Waals surface area contributed by atoms with Crippen molar-refractivity contribution in [1.82, 2.24) is 30.1 Å². The Labute approximate surface area is 137 Å². The van der Waals surface area contributed by atoms with Gasteiger partial charge in [-0.05, 0) is 43.7 Å². The zero-order valence-corrected chi connectivity index (χ0v) is 13.3. The molecule has 0 saturated heterocycles. The Kier molecular flexibility index (Phi) is 3.19. The van der Waals surface area contributed by atoms with E-state index in [0.29, 0.717) is 11.7 Å². The number of allylic oxidation sites excluding steroid dienone is 1. The maximum Gasteiger partial charge on any atom is 0.258 e. The van der Waals surface area contributed by atoms with Crippen molar-refractivity contribution >= 4 is 16.7 Å². The summed E-state index contributed by atoms with van der Waals surface area (Å²) in [6.07, 6.45) is 3.48. The SMILES string of the molecule is C=C(C)n1nnc2cc(-c3nc(-c4ccncc4C)no3)ccc21. The molecule has 0 saturated carbocycles. The van der Waals surface area contributed by atoms with Crippen molar-refractivity contribution in [3.8, 4) is 22.8 Å². The van der Waals surface area contributed by atoms with E-state index < -0.39 is 0 Å². The Morgan fingerprint density at radius 3 is 2.92 bits per heavy atom. The van der Waals surface area contributed by atoms with Gasteiger partial charge in [-0.3, -0.25) is 4.98 Å². The number of benzene rings is 1. The van der Waals surface area contributed by atoms with E-state index >= 15 is 0 Å². The van der Waals surface area contributed by atoms with Gasteiger partial charge in [-0.15, -0.1) is 5.10 Å². The number of fused-ring (bicyclic) bond motifs is 1. The predicted molar refractivity (Wildman–Crippen MR) is 89.8 cm³/mol. The van der Waals surface area contributed by atoms with Gasteiger partial charge < -0.3 is 4.52 Å². The third kappa shape index (κ3) is 2.26. The van der Waals surface area contributed by atoms with Crippen LogP contribution in [0.15, 0.2) is 47.8 Å². The van der Waals surface area contributed by atoms with Crippen LogP contribution in [0, 0.1) is 6.92 Å². The van der Waals surface area contributed by atoms with E-state index in [2.05, 4.69) is 32.0 Å². The fraction of sp³-hybridized carbons (Fsp3) is 0.118. The highest BCUT2D eigenvalue weighted by Crippen LogP contribution is 2.26. The van der Waals surface area contributed by atoms with Crippen molar-refractivity contribution in [2.75, 3.05) is 0 Å². The van der Waals surface area contributed by atoms with Gasteiger partial charge in [0, 0.05) is 29.2 Å². The number of hydrogen-bond acceptors (Lipinski definition) is 6. The van der Waals surface area contributed by atoms with Crippen LogP contribution in [-0.2, 0) is 0 Å². The summed E-state index contributed by atoms with van der Waals surface area (Å²) in [4.78, 5) is 8.56. The molecule has 4 rings (SSSR count). The van der Waals surface area contributed by atoms with Gasteiger partial charge in [-0.1, -0.05) is 16.9 Å². The molecular formula is C17H14N6O. The van der Waals surface area contributed by atoms with Crippen molar-refractivity contribution in [3.63, 3.8) is 0 Å². The third-order valence-corrected chi connectivity index (χ3v) is 3.74. The van der Waals surface area contributed by atoms with Crippen LogP contribution in [0.4, 0.5) is 0 Å². The molecule has 0 aliphatic heterocycles. The summed E-state index contributed by atoms with van der Waals surface area (Å²) in [6.45, 7) is 7.72. The molecule has 0 aliphatic rings. The summed E-state index contributed by atoms with van der Waals surface area (Å²) in [5.41, 5.74) is 5.12. The third-order valence-electron chi connectivity index (χ3n) is 3.74. The fourth-order valence-electron chi connectivity index (χ4n) is 2.51. The molecule has 0 amide bonds. The quantitative estimate of drug-likeness (QED) is 0.576. The van der Waals surface area contributed by atoms with E-state index in [1.807, 2.05) is 38.1 Å². The van der Waals surface area contributed by atoms with Crippen LogP contribution < -0.4 is 0 Å². The van der Waals surface area contributed by atoms with Crippen LogP contribution in [0.3, 0.4) is 0 Å². The first-order valence-corrected chi connectivity index (χ1v) is 7.40. The van der Waals surface area contributed by atoms with Crippen molar-refractivity contribution in [2.45, 2.75) is 13.8 Å². The van der Waals surface area contributed by atoms with Gasteiger partial charge in [0.05, 0.1) is 5.52 Å². The Morgan fingerprint density at radius 1 is 1.25 bits per heavy atom. The predicted octanol–water partition coefficient (Wildman–Crippen LogP) is 3.34. The fourth-order valence-corrected chi connectivity index (χ4v) is 2.51. The molecule has 7 nitrogen and oxygen atoms in total. The largest absolute Gasteiger partial charge is 0.334 e.